The summed E-state index contributed by atoms with van der Waals surface area (Å²) in [5.74, 6) is 2.00. The van der Waals surface area contributed by atoms with Crippen LogP contribution in [0.25, 0.3) is 0 Å². The van der Waals surface area contributed by atoms with Crippen molar-refractivity contribution in [2.45, 2.75) is 12.8 Å². The van der Waals surface area contributed by atoms with E-state index in [-0.39, 0.29) is 12.4 Å². The molecule has 0 radical (unpaired) electrons. The minimum atomic E-state index is -0.324. The molecule has 9 heavy (non-hydrogen) atoms. The first-order chi connectivity index (χ1) is 4.31. The van der Waals surface area contributed by atoms with Crippen LogP contribution in [0.1, 0.15) is 12.8 Å². The molecule has 0 aliphatic rings. The van der Waals surface area contributed by atoms with Gasteiger partial charge in [-0.25, -0.2) is 0 Å². The fraction of sp³-hybridized carbons (Fsp3) is 0.500. The van der Waals surface area contributed by atoms with Gasteiger partial charge in [-0.1, -0.05) is 0 Å². The zero-order chi connectivity index (χ0) is 7.11. The molecule has 0 amide bonds. The van der Waals surface area contributed by atoms with Crippen molar-refractivity contribution in [1.82, 2.24) is 5.48 Å². The molecule has 3 heteroatoms. The molecule has 0 rings (SSSR count). The maximum Gasteiger partial charge on any atom is 0.325 e. The molecule has 0 saturated heterocycles. The Morgan fingerprint density at radius 2 is 2.56 bits per heavy atom. The van der Waals surface area contributed by atoms with Crippen LogP contribution in [0.2, 0.25) is 0 Å². The van der Waals surface area contributed by atoms with Gasteiger partial charge in [0.1, 0.15) is 0 Å². The third-order valence-corrected chi connectivity index (χ3v) is 0.689. The molecule has 0 aromatic rings. The number of terminal acetylenes is 1. The molecule has 0 bridgehead atoms. The molecule has 3 nitrogen and oxygen atoms in total. The third kappa shape index (κ3) is 4.85. The Morgan fingerprint density at radius 1 is 1.89 bits per heavy atom. The van der Waals surface area contributed by atoms with E-state index >= 15 is 0 Å². The summed E-state index contributed by atoms with van der Waals surface area (Å²) in [4.78, 5) is 14.8. The molecule has 0 saturated carbocycles. The number of hydrogen-bond donors (Lipinski definition) is 1. The summed E-state index contributed by atoms with van der Waals surface area (Å²) in [5.41, 5.74) is 2.26. The van der Waals surface area contributed by atoms with Gasteiger partial charge in [0.2, 0.25) is 0 Å². The fourth-order valence-electron chi connectivity index (χ4n) is 0.339. The Bertz CT molecular complexity index is 126. The predicted molar refractivity (Wildman–Crippen MR) is 33.2 cm³/mol. The van der Waals surface area contributed by atoms with E-state index in [0.29, 0.717) is 6.42 Å². The highest BCUT2D eigenvalue weighted by Gasteiger charge is 1.97. The van der Waals surface area contributed by atoms with Gasteiger partial charge in [0.15, 0.2) is 0 Å². The minimum absolute atomic E-state index is 0.275. The lowest BCUT2D eigenvalue weighted by atomic mass is 10.3. The molecule has 0 aliphatic carbocycles. The number of hydrogen-bond acceptors (Lipinski definition) is 3. The van der Waals surface area contributed by atoms with E-state index in [0.717, 1.165) is 0 Å². The van der Waals surface area contributed by atoms with Gasteiger partial charge < -0.3 is 4.84 Å². The first kappa shape index (κ1) is 7.99. The van der Waals surface area contributed by atoms with Gasteiger partial charge in [-0.2, -0.15) is 5.48 Å². The van der Waals surface area contributed by atoms with Crippen molar-refractivity contribution >= 4 is 5.97 Å². The van der Waals surface area contributed by atoms with E-state index in [1.165, 1.54) is 7.05 Å². The van der Waals surface area contributed by atoms with Gasteiger partial charge in [0, 0.05) is 13.5 Å². The molecular weight excluding hydrogens is 118 g/mol. The van der Waals surface area contributed by atoms with Crippen molar-refractivity contribution in [3.05, 3.63) is 0 Å². The lowest BCUT2D eigenvalue weighted by Crippen LogP contribution is -2.14. The van der Waals surface area contributed by atoms with E-state index in [4.69, 9.17) is 6.42 Å². The highest BCUT2D eigenvalue weighted by Crippen LogP contribution is 1.87. The van der Waals surface area contributed by atoms with Crippen molar-refractivity contribution < 1.29 is 9.63 Å². The van der Waals surface area contributed by atoms with Crippen LogP contribution >= 0.6 is 0 Å². The molecule has 0 atom stereocenters. The zero-order valence-electron chi connectivity index (χ0n) is 5.31. The van der Waals surface area contributed by atoms with Crippen molar-refractivity contribution in [2.75, 3.05) is 7.05 Å². The summed E-state index contributed by atoms with van der Waals surface area (Å²) in [6.45, 7) is 0. The number of hydroxylamine groups is 1. The summed E-state index contributed by atoms with van der Waals surface area (Å²) < 4.78 is 0. The van der Waals surface area contributed by atoms with Gasteiger partial charge in [-0.3, -0.25) is 4.79 Å². The van der Waals surface area contributed by atoms with Gasteiger partial charge >= 0.3 is 5.97 Å². The number of nitrogens with one attached hydrogen (secondary N) is 1. The third-order valence-electron chi connectivity index (χ3n) is 0.689. The number of carbonyl (C=O) groups is 1. The van der Waals surface area contributed by atoms with Crippen LogP contribution in [0.3, 0.4) is 0 Å². The van der Waals surface area contributed by atoms with Gasteiger partial charge in [0.25, 0.3) is 0 Å². The molecule has 0 unspecified atom stereocenters. The van der Waals surface area contributed by atoms with Crippen molar-refractivity contribution in [1.29, 1.82) is 0 Å². The second kappa shape index (κ2) is 5.13. The highest BCUT2D eigenvalue weighted by molar-refractivity contribution is 5.69. The molecule has 0 aliphatic heterocycles. The maximum atomic E-state index is 10.4. The summed E-state index contributed by atoms with van der Waals surface area (Å²) in [5, 5.41) is 0. The quantitative estimate of drug-likeness (QED) is 0.431. The molecule has 0 fully saturated rings. The van der Waals surface area contributed by atoms with Crippen molar-refractivity contribution in [3.63, 3.8) is 0 Å². The van der Waals surface area contributed by atoms with Crippen LogP contribution in [0.5, 0.6) is 0 Å². The van der Waals surface area contributed by atoms with Crippen LogP contribution in [-0.2, 0) is 9.63 Å². The standard InChI is InChI=1S/C6H9NO2/c1-3-4-5-6(8)9-7-2/h1,7H,4-5H2,2H3. The van der Waals surface area contributed by atoms with Gasteiger partial charge in [0.05, 0.1) is 6.42 Å². The molecule has 0 aromatic carbocycles. The van der Waals surface area contributed by atoms with Gasteiger partial charge in [-0.05, 0) is 0 Å². The summed E-state index contributed by atoms with van der Waals surface area (Å²) >= 11 is 0. The minimum Gasteiger partial charge on any atom is -0.371 e. The highest BCUT2D eigenvalue weighted by atomic mass is 16.7. The maximum absolute atomic E-state index is 10.4. The van der Waals surface area contributed by atoms with Crippen LogP contribution in [0.4, 0.5) is 0 Å². The molecule has 1 N–H and O–H groups in total. The summed E-state index contributed by atoms with van der Waals surface area (Å²) in [6.07, 6.45) is 5.60. The smallest absolute Gasteiger partial charge is 0.325 e. The number of carbonyl (C=O) groups excluding carboxylic acids is 1. The second-order valence-electron chi connectivity index (χ2n) is 1.38. The lowest BCUT2D eigenvalue weighted by Gasteiger charge is -1.96. The summed E-state index contributed by atoms with van der Waals surface area (Å²) in [7, 11) is 1.52. The fourth-order valence-corrected chi connectivity index (χ4v) is 0.339. The molecule has 0 heterocycles. The van der Waals surface area contributed by atoms with Crippen LogP contribution in [-0.4, -0.2) is 13.0 Å². The SMILES string of the molecule is C#CCCC(=O)ONC. The largest absolute Gasteiger partial charge is 0.371 e. The van der Waals surface area contributed by atoms with E-state index < -0.39 is 0 Å². The Labute approximate surface area is 54.3 Å². The van der Waals surface area contributed by atoms with E-state index in [2.05, 4.69) is 16.2 Å². The van der Waals surface area contributed by atoms with Crippen molar-refractivity contribution in [2.24, 2.45) is 0 Å². The van der Waals surface area contributed by atoms with E-state index in [1.54, 1.807) is 0 Å². The Morgan fingerprint density at radius 3 is 3.00 bits per heavy atom. The first-order valence-electron chi connectivity index (χ1n) is 2.61. The van der Waals surface area contributed by atoms with Crippen LogP contribution in [0.15, 0.2) is 0 Å². The normalized spacial score (nSPS) is 8.00. The topological polar surface area (TPSA) is 38.3 Å². The number of rotatable bonds is 3. The zero-order valence-corrected chi connectivity index (χ0v) is 5.31. The summed E-state index contributed by atoms with van der Waals surface area (Å²) in [6, 6.07) is 0. The first-order valence-corrected chi connectivity index (χ1v) is 2.61. The van der Waals surface area contributed by atoms with E-state index in [1.807, 2.05) is 0 Å². The van der Waals surface area contributed by atoms with E-state index in [9.17, 15) is 4.79 Å². The van der Waals surface area contributed by atoms with Crippen LogP contribution in [0, 0.1) is 12.3 Å². The molecule has 50 valence electrons. The van der Waals surface area contributed by atoms with Crippen molar-refractivity contribution in [3.8, 4) is 12.3 Å². The van der Waals surface area contributed by atoms with Crippen LogP contribution < -0.4 is 5.48 Å². The second-order valence-corrected chi connectivity index (χ2v) is 1.38. The average molecular weight is 127 g/mol. The Balaban J connectivity index is 3.19. The van der Waals surface area contributed by atoms with Gasteiger partial charge in [-0.15, -0.1) is 12.3 Å². The molecular formula is C6H9NO2. The molecule has 0 aromatic heterocycles. The monoisotopic (exact) mass is 127 g/mol. The predicted octanol–water partition coefficient (Wildman–Crippen LogP) is 0.0774. The lowest BCUT2D eigenvalue weighted by molar-refractivity contribution is -0.149. The Kier molecular flexibility index (Phi) is 4.56. The molecule has 0 spiro atoms. The Hall–Kier alpha value is -1.01. The average Bonchev–Trinajstić information content (AvgIpc) is 1.85.